The summed E-state index contributed by atoms with van der Waals surface area (Å²) in [7, 11) is 1.53. The number of hydrogen-bond donors (Lipinski definition) is 1. The highest BCUT2D eigenvalue weighted by Crippen LogP contribution is 2.27. The number of anilines is 2. The van der Waals surface area contributed by atoms with E-state index in [0.717, 1.165) is 0 Å². The molecule has 2 rings (SSSR count). The third kappa shape index (κ3) is 4.55. The molecule has 6 heteroatoms. The van der Waals surface area contributed by atoms with Gasteiger partial charge in [0.2, 0.25) is 11.8 Å². The summed E-state index contributed by atoms with van der Waals surface area (Å²) >= 11 is 0. The van der Waals surface area contributed by atoms with E-state index in [1.165, 1.54) is 43.2 Å². The average molecular weight is 330 g/mol. The predicted octanol–water partition coefficient (Wildman–Crippen LogP) is 3.22. The molecule has 0 radical (unpaired) electrons. The SMILES string of the molecule is COc1ccccc1N(CCC(=O)Nc1ccc(F)cc1)C(C)=O. The van der Waals surface area contributed by atoms with Crippen molar-refractivity contribution in [3.05, 3.63) is 54.3 Å². The number of ether oxygens (including phenoxy) is 1. The van der Waals surface area contributed by atoms with Crippen LogP contribution in [0.25, 0.3) is 0 Å². The van der Waals surface area contributed by atoms with Crippen LogP contribution in [0.1, 0.15) is 13.3 Å². The molecule has 2 aromatic carbocycles. The molecule has 2 amide bonds. The molecule has 0 spiro atoms. The Labute approximate surface area is 140 Å². The number of nitrogens with one attached hydrogen (secondary N) is 1. The number of hydrogen-bond acceptors (Lipinski definition) is 3. The lowest BCUT2D eigenvalue weighted by molar-refractivity contribution is -0.117. The molecule has 0 heterocycles. The molecule has 24 heavy (non-hydrogen) atoms. The Hall–Kier alpha value is -2.89. The Morgan fingerprint density at radius 1 is 1.12 bits per heavy atom. The van der Waals surface area contributed by atoms with E-state index in [4.69, 9.17) is 4.74 Å². The quantitative estimate of drug-likeness (QED) is 0.885. The van der Waals surface area contributed by atoms with Crippen LogP contribution >= 0.6 is 0 Å². The second-order valence-electron chi connectivity index (χ2n) is 5.15. The molecule has 0 atom stereocenters. The van der Waals surface area contributed by atoms with Crippen molar-refractivity contribution in [3.63, 3.8) is 0 Å². The second-order valence-corrected chi connectivity index (χ2v) is 5.15. The molecule has 126 valence electrons. The Kier molecular flexibility index (Phi) is 5.89. The maximum atomic E-state index is 12.9. The van der Waals surface area contributed by atoms with E-state index in [-0.39, 0.29) is 30.6 Å². The van der Waals surface area contributed by atoms with Crippen LogP contribution in [0.2, 0.25) is 0 Å². The van der Waals surface area contributed by atoms with Gasteiger partial charge in [-0.15, -0.1) is 0 Å². The number of methoxy groups -OCH3 is 1. The molecule has 0 unspecified atom stereocenters. The fourth-order valence-corrected chi connectivity index (χ4v) is 2.27. The zero-order valence-electron chi connectivity index (χ0n) is 13.6. The molecule has 5 nitrogen and oxygen atoms in total. The molecule has 1 N–H and O–H groups in total. The smallest absolute Gasteiger partial charge is 0.226 e. The van der Waals surface area contributed by atoms with Gasteiger partial charge in [0.1, 0.15) is 11.6 Å². The number of carbonyl (C=O) groups is 2. The summed E-state index contributed by atoms with van der Waals surface area (Å²) in [6, 6.07) is 12.6. The van der Waals surface area contributed by atoms with Crippen molar-refractivity contribution < 1.29 is 18.7 Å². The van der Waals surface area contributed by atoms with Crippen molar-refractivity contribution in [2.24, 2.45) is 0 Å². The van der Waals surface area contributed by atoms with Gasteiger partial charge in [0.15, 0.2) is 0 Å². The van der Waals surface area contributed by atoms with Crippen LogP contribution in [-0.2, 0) is 9.59 Å². The second kappa shape index (κ2) is 8.10. The first-order valence-corrected chi connectivity index (χ1v) is 7.48. The summed E-state index contributed by atoms with van der Waals surface area (Å²) in [6.45, 7) is 1.65. The number of carbonyl (C=O) groups excluding carboxylic acids is 2. The normalized spacial score (nSPS) is 10.1. The van der Waals surface area contributed by atoms with E-state index in [9.17, 15) is 14.0 Å². The number of para-hydroxylation sites is 2. The number of amides is 2. The maximum Gasteiger partial charge on any atom is 0.226 e. The first-order valence-electron chi connectivity index (χ1n) is 7.48. The summed E-state index contributed by atoms with van der Waals surface area (Å²) in [5.74, 6) is -0.254. The monoisotopic (exact) mass is 330 g/mol. The highest BCUT2D eigenvalue weighted by Gasteiger charge is 2.17. The van der Waals surface area contributed by atoms with Gasteiger partial charge in [0.25, 0.3) is 0 Å². The Bertz CT molecular complexity index is 716. The Morgan fingerprint density at radius 3 is 2.42 bits per heavy atom. The number of halogens is 1. The molecular formula is C18H19FN2O3. The van der Waals surface area contributed by atoms with E-state index < -0.39 is 0 Å². The molecular weight excluding hydrogens is 311 g/mol. The van der Waals surface area contributed by atoms with Gasteiger partial charge in [-0.2, -0.15) is 0 Å². The molecule has 0 saturated carbocycles. The lowest BCUT2D eigenvalue weighted by Crippen LogP contribution is -2.32. The zero-order valence-corrected chi connectivity index (χ0v) is 13.6. The van der Waals surface area contributed by atoms with Crippen LogP contribution in [0.3, 0.4) is 0 Å². The van der Waals surface area contributed by atoms with Gasteiger partial charge in [0, 0.05) is 25.6 Å². The van der Waals surface area contributed by atoms with E-state index in [1.807, 2.05) is 6.07 Å². The van der Waals surface area contributed by atoms with Crippen LogP contribution in [0.4, 0.5) is 15.8 Å². The zero-order chi connectivity index (χ0) is 17.5. The van der Waals surface area contributed by atoms with E-state index in [2.05, 4.69) is 5.32 Å². The first-order chi connectivity index (χ1) is 11.5. The maximum absolute atomic E-state index is 12.9. The number of rotatable bonds is 6. The summed E-state index contributed by atoms with van der Waals surface area (Å²) < 4.78 is 18.1. The van der Waals surface area contributed by atoms with E-state index in [0.29, 0.717) is 17.1 Å². The van der Waals surface area contributed by atoms with E-state index >= 15 is 0 Å². The molecule has 0 saturated heterocycles. The highest BCUT2D eigenvalue weighted by molar-refractivity contribution is 5.95. The van der Waals surface area contributed by atoms with Crippen LogP contribution in [0.5, 0.6) is 5.75 Å². The molecule has 0 aliphatic rings. The van der Waals surface area contributed by atoms with Crippen LogP contribution in [0, 0.1) is 5.82 Å². The Balaban J connectivity index is 2.02. The third-order valence-electron chi connectivity index (χ3n) is 3.45. The molecule has 0 aliphatic heterocycles. The van der Waals surface area contributed by atoms with E-state index in [1.54, 1.807) is 18.2 Å². The van der Waals surface area contributed by atoms with Gasteiger partial charge in [-0.3, -0.25) is 9.59 Å². The minimum atomic E-state index is -0.369. The summed E-state index contributed by atoms with van der Waals surface area (Å²) in [5.41, 5.74) is 1.12. The number of nitrogens with zero attached hydrogens (tertiary/aromatic N) is 1. The van der Waals surface area contributed by atoms with Gasteiger partial charge in [0.05, 0.1) is 12.8 Å². The summed E-state index contributed by atoms with van der Waals surface area (Å²) in [6.07, 6.45) is 0.106. The minimum Gasteiger partial charge on any atom is -0.495 e. The predicted molar refractivity (Wildman–Crippen MR) is 90.7 cm³/mol. The molecule has 0 aliphatic carbocycles. The average Bonchev–Trinajstić information content (AvgIpc) is 2.57. The lowest BCUT2D eigenvalue weighted by Gasteiger charge is -2.23. The van der Waals surface area contributed by atoms with Gasteiger partial charge < -0.3 is 15.0 Å². The van der Waals surface area contributed by atoms with Crippen molar-refractivity contribution in [2.75, 3.05) is 23.9 Å². The van der Waals surface area contributed by atoms with Crippen molar-refractivity contribution in [2.45, 2.75) is 13.3 Å². The molecule has 0 aromatic heterocycles. The largest absolute Gasteiger partial charge is 0.495 e. The fraction of sp³-hybridized carbons (Fsp3) is 0.222. The number of benzene rings is 2. The van der Waals surface area contributed by atoms with Crippen molar-refractivity contribution >= 4 is 23.2 Å². The Morgan fingerprint density at radius 2 is 1.79 bits per heavy atom. The van der Waals surface area contributed by atoms with Crippen LogP contribution in [-0.4, -0.2) is 25.5 Å². The van der Waals surface area contributed by atoms with Crippen LogP contribution in [0.15, 0.2) is 48.5 Å². The standard InChI is InChI=1S/C18H19FN2O3/c1-13(22)21(16-5-3-4-6-17(16)24-2)12-11-18(23)20-15-9-7-14(19)8-10-15/h3-10H,11-12H2,1-2H3,(H,20,23). The lowest BCUT2D eigenvalue weighted by atomic mass is 10.2. The minimum absolute atomic E-state index is 0.106. The topological polar surface area (TPSA) is 58.6 Å². The van der Waals surface area contributed by atoms with Gasteiger partial charge in [-0.25, -0.2) is 4.39 Å². The molecule has 0 fully saturated rings. The van der Waals surface area contributed by atoms with Gasteiger partial charge in [-0.1, -0.05) is 12.1 Å². The third-order valence-corrected chi connectivity index (χ3v) is 3.45. The summed E-state index contributed by atoms with van der Waals surface area (Å²) in [4.78, 5) is 25.4. The fourth-order valence-electron chi connectivity index (χ4n) is 2.27. The van der Waals surface area contributed by atoms with Crippen molar-refractivity contribution in [1.29, 1.82) is 0 Å². The highest BCUT2D eigenvalue weighted by atomic mass is 19.1. The first kappa shape index (κ1) is 17.5. The molecule has 2 aromatic rings. The van der Waals surface area contributed by atoms with Crippen molar-refractivity contribution in [3.8, 4) is 5.75 Å². The van der Waals surface area contributed by atoms with Crippen LogP contribution < -0.4 is 15.0 Å². The van der Waals surface area contributed by atoms with Gasteiger partial charge >= 0.3 is 0 Å². The molecule has 0 bridgehead atoms. The van der Waals surface area contributed by atoms with Gasteiger partial charge in [-0.05, 0) is 36.4 Å². The van der Waals surface area contributed by atoms with Crippen molar-refractivity contribution in [1.82, 2.24) is 0 Å². The summed E-state index contributed by atoms with van der Waals surface area (Å²) in [5, 5.41) is 2.67.